The molecule has 0 spiro atoms. The first-order chi connectivity index (χ1) is 10.8. The molecule has 0 unspecified atom stereocenters. The van der Waals surface area contributed by atoms with Crippen molar-refractivity contribution in [3.8, 4) is 0 Å². The quantitative estimate of drug-likeness (QED) is 0.657. The number of hydrogen-bond acceptors (Lipinski definition) is 4. The molecule has 5 nitrogen and oxygen atoms in total. The molecule has 0 amide bonds. The van der Waals surface area contributed by atoms with Crippen LogP contribution in [0.2, 0.25) is 0 Å². The van der Waals surface area contributed by atoms with Crippen molar-refractivity contribution < 1.29 is 9.47 Å². The highest BCUT2D eigenvalue weighted by Crippen LogP contribution is 2.12. The summed E-state index contributed by atoms with van der Waals surface area (Å²) in [5, 5.41) is 0.663. The second kappa shape index (κ2) is 7.17. The predicted molar refractivity (Wildman–Crippen MR) is 87.8 cm³/mol. The maximum absolute atomic E-state index is 12.4. The van der Waals surface area contributed by atoms with Crippen LogP contribution in [0.1, 0.15) is 19.3 Å². The van der Waals surface area contributed by atoms with Gasteiger partial charge in [0.05, 0.1) is 23.6 Å². The molecule has 0 radical (unpaired) electrons. The first kappa shape index (κ1) is 15.4. The van der Waals surface area contributed by atoms with Crippen LogP contribution in [0.5, 0.6) is 0 Å². The smallest absolute Gasteiger partial charge is 0.262 e. The van der Waals surface area contributed by atoms with Gasteiger partial charge in [0.1, 0.15) is 0 Å². The number of aromatic nitrogens is 2. The Bertz CT molecular complexity index is 747. The fourth-order valence-electron chi connectivity index (χ4n) is 2.72. The fraction of sp³-hybridized carbons (Fsp3) is 0.500. The van der Waals surface area contributed by atoms with Crippen molar-refractivity contribution in [2.45, 2.75) is 31.9 Å². The summed E-state index contributed by atoms with van der Waals surface area (Å²) in [6.07, 6.45) is 3.19. The third-order valence-corrected chi connectivity index (χ3v) is 4.21. The summed E-state index contributed by atoms with van der Waals surface area (Å²) in [7, 11) is 0. The van der Waals surface area contributed by atoms with Gasteiger partial charge in [-0.2, -0.15) is 0 Å². The number of H-pyrrole nitrogens is 1. The monoisotopic (exact) mass is 320 g/mol. The van der Waals surface area contributed by atoms with Crippen molar-refractivity contribution >= 4 is 23.1 Å². The van der Waals surface area contributed by atoms with E-state index in [1.165, 1.54) is 0 Å². The highest BCUT2D eigenvalue weighted by atomic mass is 32.1. The molecule has 118 valence electrons. The molecule has 1 fully saturated rings. The van der Waals surface area contributed by atoms with Crippen molar-refractivity contribution in [2.75, 3.05) is 19.8 Å². The van der Waals surface area contributed by atoms with Crippen molar-refractivity contribution in [1.82, 2.24) is 9.55 Å². The van der Waals surface area contributed by atoms with Gasteiger partial charge in [0.2, 0.25) is 0 Å². The minimum atomic E-state index is -0.0431. The lowest BCUT2D eigenvalue weighted by Gasteiger charge is -2.11. The molecule has 2 aromatic rings. The number of nitrogens with zero attached hydrogens (tertiary/aromatic N) is 1. The molecular weight excluding hydrogens is 300 g/mol. The van der Waals surface area contributed by atoms with Gasteiger partial charge in [0.15, 0.2) is 4.77 Å². The van der Waals surface area contributed by atoms with Gasteiger partial charge in [-0.1, -0.05) is 12.1 Å². The molecule has 1 aliphatic heterocycles. The maximum Gasteiger partial charge on any atom is 0.262 e. The third-order valence-electron chi connectivity index (χ3n) is 3.89. The molecule has 3 rings (SSSR count). The highest BCUT2D eigenvalue weighted by molar-refractivity contribution is 7.71. The third kappa shape index (κ3) is 3.45. The largest absolute Gasteiger partial charge is 0.379 e. The van der Waals surface area contributed by atoms with Crippen molar-refractivity contribution in [3.63, 3.8) is 0 Å². The van der Waals surface area contributed by atoms with Gasteiger partial charge in [0.25, 0.3) is 5.56 Å². The lowest BCUT2D eigenvalue weighted by molar-refractivity contribution is 0.0157. The Morgan fingerprint density at radius 1 is 1.41 bits per heavy atom. The van der Waals surface area contributed by atoms with Crippen LogP contribution in [0, 0.1) is 4.77 Å². The molecule has 1 aromatic heterocycles. The summed E-state index contributed by atoms with van der Waals surface area (Å²) in [6.45, 7) is 2.65. The van der Waals surface area contributed by atoms with Gasteiger partial charge in [-0.3, -0.25) is 9.36 Å². The molecule has 1 saturated heterocycles. The van der Waals surface area contributed by atoms with Crippen LogP contribution in [0.3, 0.4) is 0 Å². The van der Waals surface area contributed by atoms with Gasteiger partial charge < -0.3 is 14.5 Å². The highest BCUT2D eigenvalue weighted by Gasteiger charge is 2.15. The summed E-state index contributed by atoms with van der Waals surface area (Å²) < 4.78 is 13.2. The first-order valence-corrected chi connectivity index (χ1v) is 8.08. The lowest BCUT2D eigenvalue weighted by atomic mass is 10.2. The van der Waals surface area contributed by atoms with Gasteiger partial charge in [-0.25, -0.2) is 0 Å². The van der Waals surface area contributed by atoms with E-state index in [4.69, 9.17) is 21.7 Å². The maximum atomic E-state index is 12.4. The molecule has 0 saturated carbocycles. The molecule has 6 heteroatoms. The molecule has 1 atom stereocenters. The second-order valence-electron chi connectivity index (χ2n) is 5.50. The van der Waals surface area contributed by atoms with E-state index in [1.807, 2.05) is 24.3 Å². The number of aromatic amines is 1. The first-order valence-electron chi connectivity index (χ1n) is 7.67. The Morgan fingerprint density at radius 2 is 2.27 bits per heavy atom. The normalized spacial score (nSPS) is 18.1. The molecule has 1 aromatic carbocycles. The van der Waals surface area contributed by atoms with E-state index in [-0.39, 0.29) is 11.7 Å². The van der Waals surface area contributed by atoms with Crippen molar-refractivity contribution in [1.29, 1.82) is 0 Å². The minimum absolute atomic E-state index is 0.0431. The Hall–Kier alpha value is -1.50. The Balaban J connectivity index is 1.59. The number of ether oxygens (including phenoxy) is 2. The molecule has 1 aliphatic rings. The van der Waals surface area contributed by atoms with E-state index in [0.29, 0.717) is 29.9 Å². The Labute approximate surface area is 133 Å². The zero-order valence-electron chi connectivity index (χ0n) is 12.4. The standard InChI is InChI=1S/C16H20N2O3S/c19-15-13-6-1-2-7-14(13)17-16(22)18(15)8-4-9-20-11-12-5-3-10-21-12/h1-2,6-7,12H,3-5,8-11H2,(H,17,22)/t12-/m1/s1. The van der Waals surface area contributed by atoms with Gasteiger partial charge in [0, 0.05) is 19.8 Å². The van der Waals surface area contributed by atoms with E-state index in [1.54, 1.807) is 4.57 Å². The number of para-hydroxylation sites is 1. The van der Waals surface area contributed by atoms with Crippen molar-refractivity contribution in [3.05, 3.63) is 39.4 Å². The summed E-state index contributed by atoms with van der Waals surface area (Å²) in [5.74, 6) is 0. The Morgan fingerprint density at radius 3 is 3.09 bits per heavy atom. The molecule has 2 heterocycles. The average molecular weight is 320 g/mol. The molecular formula is C16H20N2O3S. The van der Waals surface area contributed by atoms with Crippen LogP contribution in [0.25, 0.3) is 10.9 Å². The summed E-state index contributed by atoms with van der Waals surface area (Å²) in [4.78, 5) is 15.5. The van der Waals surface area contributed by atoms with E-state index in [0.717, 1.165) is 31.4 Å². The molecule has 0 bridgehead atoms. The molecule has 22 heavy (non-hydrogen) atoms. The van der Waals surface area contributed by atoms with Gasteiger partial charge >= 0.3 is 0 Å². The van der Waals surface area contributed by atoms with Crippen LogP contribution in [-0.4, -0.2) is 35.5 Å². The SMILES string of the molecule is O=c1c2ccccc2[nH]c(=S)n1CCCOC[C@H]1CCCO1. The predicted octanol–water partition coefficient (Wildman–Crippen LogP) is 2.64. The topological polar surface area (TPSA) is 56.2 Å². The van der Waals surface area contributed by atoms with Crippen LogP contribution in [-0.2, 0) is 16.0 Å². The van der Waals surface area contributed by atoms with E-state index in [2.05, 4.69) is 4.98 Å². The van der Waals surface area contributed by atoms with E-state index >= 15 is 0 Å². The van der Waals surface area contributed by atoms with E-state index in [9.17, 15) is 4.79 Å². The van der Waals surface area contributed by atoms with Gasteiger partial charge in [-0.15, -0.1) is 0 Å². The summed E-state index contributed by atoms with van der Waals surface area (Å²) in [5.41, 5.74) is 0.738. The summed E-state index contributed by atoms with van der Waals surface area (Å²) in [6, 6.07) is 7.42. The number of fused-ring (bicyclic) bond motifs is 1. The fourth-order valence-corrected chi connectivity index (χ4v) is 3.00. The molecule has 1 N–H and O–H groups in total. The number of rotatable bonds is 6. The summed E-state index contributed by atoms with van der Waals surface area (Å²) >= 11 is 5.28. The Kier molecular flexibility index (Phi) is 5.02. The van der Waals surface area contributed by atoms with Crippen LogP contribution >= 0.6 is 12.2 Å². The molecule has 0 aliphatic carbocycles. The second-order valence-corrected chi connectivity index (χ2v) is 5.88. The zero-order chi connectivity index (χ0) is 15.4. The van der Waals surface area contributed by atoms with Crippen LogP contribution in [0.15, 0.2) is 29.1 Å². The van der Waals surface area contributed by atoms with Crippen LogP contribution in [0.4, 0.5) is 0 Å². The van der Waals surface area contributed by atoms with E-state index < -0.39 is 0 Å². The van der Waals surface area contributed by atoms with Crippen molar-refractivity contribution in [2.24, 2.45) is 0 Å². The minimum Gasteiger partial charge on any atom is -0.379 e. The number of nitrogens with one attached hydrogen (secondary N) is 1. The zero-order valence-corrected chi connectivity index (χ0v) is 13.2. The number of benzene rings is 1. The lowest BCUT2D eigenvalue weighted by Crippen LogP contribution is -2.23. The van der Waals surface area contributed by atoms with Gasteiger partial charge in [-0.05, 0) is 43.6 Å². The average Bonchev–Trinajstić information content (AvgIpc) is 3.03. The van der Waals surface area contributed by atoms with Crippen LogP contribution < -0.4 is 5.56 Å². The number of hydrogen-bond donors (Lipinski definition) is 1.